The van der Waals surface area contributed by atoms with Crippen molar-refractivity contribution in [1.82, 2.24) is 0 Å². The lowest BCUT2D eigenvalue weighted by Gasteiger charge is -2.15. The first kappa shape index (κ1) is 12.1. The molecule has 17 heavy (non-hydrogen) atoms. The molecule has 1 aromatic rings. The molecule has 1 radical (unpaired) electrons. The normalized spacial score (nSPS) is 22.5. The fourth-order valence-electron chi connectivity index (χ4n) is 2.26. The molecule has 5 heteroatoms. The zero-order valence-electron chi connectivity index (χ0n) is 9.44. The van der Waals surface area contributed by atoms with Gasteiger partial charge in [0.25, 0.3) is 0 Å². The van der Waals surface area contributed by atoms with E-state index in [0.29, 0.717) is 24.0 Å². The summed E-state index contributed by atoms with van der Waals surface area (Å²) in [4.78, 5) is 0. The van der Waals surface area contributed by atoms with Crippen LogP contribution in [0.1, 0.15) is 34.8 Å². The third kappa shape index (κ3) is 2.20. The van der Waals surface area contributed by atoms with Crippen LogP contribution in [-0.4, -0.2) is 20.0 Å². The van der Waals surface area contributed by atoms with E-state index in [1.807, 2.05) is 0 Å². The van der Waals surface area contributed by atoms with E-state index < -0.39 is 15.1 Å². The van der Waals surface area contributed by atoms with Crippen molar-refractivity contribution in [3.8, 4) is 0 Å². The molecule has 91 valence electrons. The van der Waals surface area contributed by atoms with Gasteiger partial charge in [-0.2, -0.15) is 0 Å². The minimum Gasteiger partial charge on any atom is -0.384 e. The van der Waals surface area contributed by atoms with Gasteiger partial charge >= 0.3 is 0 Å². The summed E-state index contributed by atoms with van der Waals surface area (Å²) in [5.41, 5.74) is 7.37. The standard InChI is InChI=1S/C12H15N2O2S/c1-8-4-5-9(12(13)14)10(7-8)11-3-2-6-17(11,15)16/h4-5,7,11H,1-3,6H2,(H3,13,14). The Kier molecular flexibility index (Phi) is 2.95. The summed E-state index contributed by atoms with van der Waals surface area (Å²) >= 11 is 0. The number of hydrogen-bond acceptors (Lipinski definition) is 3. The van der Waals surface area contributed by atoms with Crippen LogP contribution in [0.4, 0.5) is 0 Å². The number of benzene rings is 1. The van der Waals surface area contributed by atoms with Gasteiger partial charge in [0.1, 0.15) is 5.84 Å². The highest BCUT2D eigenvalue weighted by atomic mass is 32.2. The third-order valence-electron chi connectivity index (χ3n) is 3.08. The van der Waals surface area contributed by atoms with Crippen LogP contribution >= 0.6 is 0 Å². The molecule has 1 atom stereocenters. The molecule has 1 aromatic carbocycles. The Hall–Kier alpha value is -1.36. The lowest BCUT2D eigenvalue weighted by Crippen LogP contribution is -2.18. The number of amidine groups is 1. The summed E-state index contributed by atoms with van der Waals surface area (Å²) in [6, 6.07) is 5.14. The zero-order valence-corrected chi connectivity index (χ0v) is 10.3. The molecule has 4 nitrogen and oxygen atoms in total. The second kappa shape index (κ2) is 4.14. The highest BCUT2D eigenvalue weighted by molar-refractivity contribution is 7.91. The monoisotopic (exact) mass is 251 g/mol. The predicted octanol–water partition coefficient (Wildman–Crippen LogP) is 1.40. The van der Waals surface area contributed by atoms with Gasteiger partial charge in [-0.3, -0.25) is 5.41 Å². The Morgan fingerprint density at radius 3 is 2.71 bits per heavy atom. The smallest absolute Gasteiger partial charge is 0.157 e. The number of nitrogens with two attached hydrogens (primary N) is 1. The maximum Gasteiger partial charge on any atom is 0.157 e. The summed E-state index contributed by atoms with van der Waals surface area (Å²) in [5.74, 6) is 0.123. The Balaban J connectivity index is 2.58. The van der Waals surface area contributed by atoms with Crippen LogP contribution in [0, 0.1) is 12.3 Å². The number of hydrogen-bond donors (Lipinski definition) is 2. The zero-order chi connectivity index (χ0) is 12.6. The molecule has 0 amide bonds. The van der Waals surface area contributed by atoms with E-state index in [2.05, 4.69) is 6.92 Å². The fraction of sp³-hybridized carbons (Fsp3) is 0.333. The molecular formula is C12H15N2O2S. The van der Waals surface area contributed by atoms with Crippen molar-refractivity contribution >= 4 is 15.7 Å². The van der Waals surface area contributed by atoms with Gasteiger partial charge in [-0.25, -0.2) is 8.42 Å². The average molecular weight is 251 g/mol. The molecule has 0 spiro atoms. The Labute approximate surface area is 101 Å². The lowest BCUT2D eigenvalue weighted by molar-refractivity contribution is 0.592. The highest BCUT2D eigenvalue weighted by Gasteiger charge is 2.34. The summed E-state index contributed by atoms with van der Waals surface area (Å²) < 4.78 is 23.8. The van der Waals surface area contributed by atoms with Crippen molar-refractivity contribution in [1.29, 1.82) is 5.41 Å². The summed E-state index contributed by atoms with van der Waals surface area (Å²) in [7, 11) is -3.09. The van der Waals surface area contributed by atoms with Crippen LogP contribution in [0.25, 0.3) is 0 Å². The lowest BCUT2D eigenvalue weighted by atomic mass is 9.99. The summed E-state index contributed by atoms with van der Waals surface area (Å²) in [6.07, 6.45) is 1.28. The predicted molar refractivity (Wildman–Crippen MR) is 67.7 cm³/mol. The second-order valence-corrected chi connectivity index (χ2v) is 6.64. The minimum absolute atomic E-state index is 0.0953. The van der Waals surface area contributed by atoms with Crippen LogP contribution in [0.15, 0.2) is 18.2 Å². The number of rotatable bonds is 2. The van der Waals surface area contributed by atoms with Crippen molar-refractivity contribution in [2.45, 2.75) is 18.1 Å². The largest absolute Gasteiger partial charge is 0.384 e. The molecule has 0 aliphatic carbocycles. The van der Waals surface area contributed by atoms with Crippen molar-refractivity contribution in [2.75, 3.05) is 5.75 Å². The van der Waals surface area contributed by atoms with Crippen LogP contribution < -0.4 is 5.73 Å². The molecule has 3 N–H and O–H groups in total. The quantitative estimate of drug-likeness (QED) is 0.615. The molecule has 1 heterocycles. The maximum atomic E-state index is 11.9. The Morgan fingerprint density at radius 1 is 1.47 bits per heavy atom. The summed E-state index contributed by atoms with van der Waals surface area (Å²) in [6.45, 7) is 3.79. The van der Waals surface area contributed by atoms with Crippen LogP contribution in [0.5, 0.6) is 0 Å². The first-order chi connectivity index (χ1) is 7.92. The van der Waals surface area contributed by atoms with Gasteiger partial charge in [-0.1, -0.05) is 18.2 Å². The van der Waals surface area contributed by atoms with E-state index in [-0.39, 0.29) is 11.6 Å². The molecule has 0 saturated carbocycles. The van der Waals surface area contributed by atoms with Gasteiger partial charge in [0.2, 0.25) is 0 Å². The Morgan fingerprint density at radius 2 is 2.18 bits per heavy atom. The average Bonchev–Trinajstić information content (AvgIpc) is 2.57. The maximum absolute atomic E-state index is 11.9. The third-order valence-corrected chi connectivity index (χ3v) is 5.30. The first-order valence-corrected chi connectivity index (χ1v) is 7.15. The van der Waals surface area contributed by atoms with Gasteiger partial charge in [0.15, 0.2) is 9.84 Å². The van der Waals surface area contributed by atoms with Gasteiger partial charge < -0.3 is 5.73 Å². The van der Waals surface area contributed by atoms with Gasteiger partial charge in [-0.15, -0.1) is 0 Å². The highest BCUT2D eigenvalue weighted by Crippen LogP contribution is 2.36. The molecular weight excluding hydrogens is 236 g/mol. The van der Waals surface area contributed by atoms with E-state index in [1.54, 1.807) is 18.2 Å². The van der Waals surface area contributed by atoms with Crippen molar-refractivity contribution in [3.63, 3.8) is 0 Å². The fourth-order valence-corrected chi connectivity index (χ4v) is 4.23. The number of nitrogens with one attached hydrogen (secondary N) is 1. The van der Waals surface area contributed by atoms with E-state index >= 15 is 0 Å². The Bertz CT molecular complexity index is 564. The van der Waals surface area contributed by atoms with E-state index in [1.165, 1.54) is 0 Å². The number of nitrogen functional groups attached to an aromatic ring is 1. The molecule has 1 aliphatic heterocycles. The molecule has 1 unspecified atom stereocenters. The SMILES string of the molecule is [CH2]c1ccc(C(=N)N)c(C2CCCS2(=O)=O)c1. The minimum atomic E-state index is -3.09. The number of sulfone groups is 1. The van der Waals surface area contributed by atoms with Crippen molar-refractivity contribution in [2.24, 2.45) is 5.73 Å². The molecule has 1 aliphatic rings. The van der Waals surface area contributed by atoms with Crippen LogP contribution in [0.3, 0.4) is 0 Å². The van der Waals surface area contributed by atoms with Crippen molar-refractivity contribution < 1.29 is 8.42 Å². The van der Waals surface area contributed by atoms with Crippen LogP contribution in [-0.2, 0) is 9.84 Å². The molecule has 2 rings (SSSR count). The first-order valence-electron chi connectivity index (χ1n) is 5.43. The van der Waals surface area contributed by atoms with E-state index in [9.17, 15) is 8.42 Å². The van der Waals surface area contributed by atoms with E-state index in [4.69, 9.17) is 11.1 Å². The molecule has 1 saturated heterocycles. The topological polar surface area (TPSA) is 84.0 Å². The molecule has 0 aromatic heterocycles. The van der Waals surface area contributed by atoms with Crippen molar-refractivity contribution in [3.05, 3.63) is 41.8 Å². The van der Waals surface area contributed by atoms with Gasteiger partial charge in [-0.05, 0) is 30.9 Å². The van der Waals surface area contributed by atoms with Gasteiger partial charge in [0.05, 0.1) is 11.0 Å². The van der Waals surface area contributed by atoms with Gasteiger partial charge in [0, 0.05) is 5.56 Å². The second-order valence-electron chi connectivity index (χ2n) is 4.33. The molecule has 1 fully saturated rings. The van der Waals surface area contributed by atoms with Crippen LogP contribution in [0.2, 0.25) is 0 Å². The summed E-state index contributed by atoms with van der Waals surface area (Å²) in [5, 5.41) is 6.98. The van der Waals surface area contributed by atoms with E-state index in [0.717, 1.165) is 5.56 Å². The molecule has 0 bridgehead atoms.